The number of likely N-dealkylation sites (tertiary alicyclic amines) is 1. The van der Waals surface area contributed by atoms with E-state index in [9.17, 15) is 9.90 Å². The van der Waals surface area contributed by atoms with Gasteiger partial charge in [0.2, 0.25) is 0 Å². The molecule has 1 aliphatic heterocycles. The normalized spacial score (nSPS) is 17.5. The van der Waals surface area contributed by atoms with E-state index >= 15 is 0 Å². The number of para-hydroxylation sites is 1. The van der Waals surface area contributed by atoms with Gasteiger partial charge in [0.05, 0.1) is 20.3 Å². The lowest BCUT2D eigenvalue weighted by molar-refractivity contribution is -0.137. The van der Waals surface area contributed by atoms with Gasteiger partial charge in [-0.25, -0.2) is 0 Å². The van der Waals surface area contributed by atoms with Crippen LogP contribution in [0, 0.1) is 5.92 Å². The van der Waals surface area contributed by atoms with Gasteiger partial charge >= 0.3 is 5.97 Å². The van der Waals surface area contributed by atoms with E-state index in [1.165, 1.54) is 0 Å². The Bertz CT molecular complexity index is 540. The fraction of sp³-hybridized carbons (Fsp3) is 0.611. The monoisotopic (exact) mass is 337 g/mol. The lowest BCUT2D eigenvalue weighted by Gasteiger charge is -2.34. The van der Waals surface area contributed by atoms with Gasteiger partial charge in [-0.15, -0.1) is 0 Å². The second-order valence-corrected chi connectivity index (χ2v) is 6.20. The summed E-state index contributed by atoms with van der Waals surface area (Å²) in [7, 11) is 3.17. The largest absolute Gasteiger partial charge is 0.493 e. The second-order valence-electron chi connectivity index (χ2n) is 6.20. The first-order valence-electron chi connectivity index (χ1n) is 8.40. The average Bonchev–Trinajstić information content (AvgIpc) is 2.60. The van der Waals surface area contributed by atoms with Crippen LogP contribution < -0.4 is 9.47 Å². The molecule has 0 spiro atoms. The molecule has 6 heteroatoms. The van der Waals surface area contributed by atoms with E-state index in [0.717, 1.165) is 38.0 Å². The number of ether oxygens (including phenoxy) is 2. The molecule has 0 aromatic heterocycles. The molecule has 0 aliphatic carbocycles. The number of carbonyl (C=O) groups is 1. The maximum absolute atomic E-state index is 10.8. The molecule has 1 aromatic carbocycles. The van der Waals surface area contributed by atoms with Crippen molar-refractivity contribution in [1.29, 1.82) is 0 Å². The SMILES string of the molecule is COc1cccc(C(O)C2CCN(CCCC(=O)O)CC2)c1OC. The molecule has 134 valence electrons. The molecule has 2 N–H and O–H groups in total. The number of aliphatic carboxylic acids is 1. The van der Waals surface area contributed by atoms with E-state index in [1.54, 1.807) is 14.2 Å². The Morgan fingerprint density at radius 3 is 2.58 bits per heavy atom. The number of aliphatic hydroxyl groups excluding tert-OH is 1. The van der Waals surface area contributed by atoms with Crippen LogP contribution in [0.4, 0.5) is 0 Å². The van der Waals surface area contributed by atoms with Gasteiger partial charge in [-0.1, -0.05) is 12.1 Å². The molecule has 6 nitrogen and oxygen atoms in total. The number of rotatable bonds is 8. The van der Waals surface area contributed by atoms with Gasteiger partial charge < -0.3 is 24.6 Å². The number of benzene rings is 1. The third kappa shape index (κ3) is 4.61. The summed E-state index contributed by atoms with van der Waals surface area (Å²) in [6.45, 7) is 2.57. The van der Waals surface area contributed by atoms with Gasteiger partial charge in [0.15, 0.2) is 11.5 Å². The lowest BCUT2D eigenvalue weighted by Crippen LogP contribution is -2.36. The Morgan fingerprint density at radius 2 is 2.00 bits per heavy atom. The molecule has 1 aliphatic rings. The lowest BCUT2D eigenvalue weighted by atomic mass is 9.87. The van der Waals surface area contributed by atoms with Crippen LogP contribution >= 0.6 is 0 Å². The first kappa shape index (κ1) is 18.5. The summed E-state index contributed by atoms with van der Waals surface area (Å²) in [5, 5.41) is 19.5. The molecule has 0 saturated carbocycles. The molecule has 1 unspecified atom stereocenters. The third-order valence-electron chi connectivity index (χ3n) is 4.70. The summed E-state index contributed by atoms with van der Waals surface area (Å²) in [6, 6.07) is 5.56. The number of hydrogen-bond donors (Lipinski definition) is 2. The number of hydrogen-bond acceptors (Lipinski definition) is 5. The Kier molecular flexibility index (Phi) is 6.87. The van der Waals surface area contributed by atoms with Crippen molar-refractivity contribution in [3.8, 4) is 11.5 Å². The number of carboxylic acid groups (broad SMARTS) is 1. The predicted molar refractivity (Wildman–Crippen MR) is 90.5 cm³/mol. The standard InChI is InChI=1S/C18H27NO5/c1-23-15-6-3-5-14(18(15)24-2)17(22)13-8-11-19(12-9-13)10-4-7-16(20)21/h3,5-6,13,17,22H,4,7-12H2,1-2H3,(H,20,21). The number of nitrogens with zero attached hydrogens (tertiary/aromatic N) is 1. The molecule has 1 aromatic rings. The summed E-state index contributed by atoms with van der Waals surface area (Å²) < 4.78 is 10.7. The maximum Gasteiger partial charge on any atom is 0.303 e. The molecule has 1 fully saturated rings. The van der Waals surface area contributed by atoms with Crippen LogP contribution in [0.1, 0.15) is 37.4 Å². The van der Waals surface area contributed by atoms with Crippen molar-refractivity contribution in [2.75, 3.05) is 33.9 Å². The van der Waals surface area contributed by atoms with Crippen LogP contribution in [0.25, 0.3) is 0 Å². The van der Waals surface area contributed by atoms with Crippen LogP contribution in [0.3, 0.4) is 0 Å². The van der Waals surface area contributed by atoms with Crippen molar-refractivity contribution in [3.63, 3.8) is 0 Å². The smallest absolute Gasteiger partial charge is 0.303 e. The summed E-state index contributed by atoms with van der Waals surface area (Å²) in [6.07, 6.45) is 2.06. The number of carboxylic acids is 1. The summed E-state index contributed by atoms with van der Waals surface area (Å²) in [5.74, 6) is 0.642. The molecule has 1 saturated heterocycles. The summed E-state index contributed by atoms with van der Waals surface area (Å²) in [4.78, 5) is 12.9. The van der Waals surface area contributed by atoms with Crippen LogP contribution in [0.2, 0.25) is 0 Å². The van der Waals surface area contributed by atoms with E-state index in [0.29, 0.717) is 17.9 Å². The first-order valence-corrected chi connectivity index (χ1v) is 8.40. The van der Waals surface area contributed by atoms with Gasteiger partial charge in [-0.2, -0.15) is 0 Å². The maximum atomic E-state index is 10.8. The average molecular weight is 337 g/mol. The van der Waals surface area contributed by atoms with Crippen LogP contribution in [-0.2, 0) is 4.79 Å². The zero-order valence-electron chi connectivity index (χ0n) is 14.4. The van der Waals surface area contributed by atoms with Gasteiger partial charge in [-0.05, 0) is 50.9 Å². The molecule has 0 amide bonds. The number of methoxy groups -OCH3 is 2. The quantitative estimate of drug-likeness (QED) is 0.758. The summed E-state index contributed by atoms with van der Waals surface area (Å²) in [5.41, 5.74) is 0.765. The minimum atomic E-state index is -0.745. The van der Waals surface area contributed by atoms with Crippen molar-refractivity contribution < 1.29 is 24.5 Å². The molecule has 24 heavy (non-hydrogen) atoms. The highest BCUT2D eigenvalue weighted by Crippen LogP contribution is 2.39. The Labute approximate surface area is 143 Å². The minimum Gasteiger partial charge on any atom is -0.493 e. The van der Waals surface area contributed by atoms with E-state index in [1.807, 2.05) is 18.2 Å². The molecule has 1 atom stereocenters. The van der Waals surface area contributed by atoms with Gasteiger partial charge in [0, 0.05) is 12.0 Å². The predicted octanol–water partition coefficient (Wildman–Crippen LogP) is 2.31. The minimum absolute atomic E-state index is 0.168. The van der Waals surface area contributed by atoms with Crippen molar-refractivity contribution in [3.05, 3.63) is 23.8 Å². The van der Waals surface area contributed by atoms with Crippen molar-refractivity contribution >= 4 is 5.97 Å². The molecular weight excluding hydrogens is 310 g/mol. The molecular formula is C18H27NO5. The second kappa shape index (κ2) is 8.89. The van der Waals surface area contributed by atoms with Gasteiger partial charge in [0.1, 0.15) is 0 Å². The highest BCUT2D eigenvalue weighted by atomic mass is 16.5. The highest BCUT2D eigenvalue weighted by molar-refractivity contribution is 5.66. The molecule has 2 rings (SSSR count). The first-order chi connectivity index (χ1) is 11.6. The zero-order valence-corrected chi connectivity index (χ0v) is 14.4. The van der Waals surface area contributed by atoms with E-state index in [4.69, 9.17) is 14.6 Å². The Hall–Kier alpha value is -1.79. The topological polar surface area (TPSA) is 79.2 Å². The number of piperidine rings is 1. The fourth-order valence-electron chi connectivity index (χ4n) is 3.34. The Morgan fingerprint density at radius 1 is 1.29 bits per heavy atom. The van der Waals surface area contributed by atoms with Crippen molar-refractivity contribution in [1.82, 2.24) is 4.90 Å². The highest BCUT2D eigenvalue weighted by Gasteiger charge is 2.28. The van der Waals surface area contributed by atoms with E-state index in [-0.39, 0.29) is 12.3 Å². The van der Waals surface area contributed by atoms with E-state index in [2.05, 4.69) is 4.90 Å². The van der Waals surface area contributed by atoms with Gasteiger partial charge in [-0.3, -0.25) is 4.79 Å². The fourth-order valence-corrected chi connectivity index (χ4v) is 3.34. The van der Waals surface area contributed by atoms with Crippen LogP contribution in [0.5, 0.6) is 11.5 Å². The van der Waals surface area contributed by atoms with Crippen LogP contribution in [-0.4, -0.2) is 54.9 Å². The molecule has 1 heterocycles. The zero-order chi connectivity index (χ0) is 17.5. The van der Waals surface area contributed by atoms with E-state index < -0.39 is 12.1 Å². The van der Waals surface area contributed by atoms with Gasteiger partial charge in [0.25, 0.3) is 0 Å². The number of aliphatic hydroxyl groups is 1. The third-order valence-corrected chi connectivity index (χ3v) is 4.70. The molecule has 0 radical (unpaired) electrons. The molecule has 0 bridgehead atoms. The van der Waals surface area contributed by atoms with Crippen molar-refractivity contribution in [2.45, 2.75) is 31.8 Å². The Balaban J connectivity index is 1.93. The summed E-state index contributed by atoms with van der Waals surface area (Å²) >= 11 is 0. The van der Waals surface area contributed by atoms with Crippen molar-refractivity contribution in [2.24, 2.45) is 5.92 Å². The van der Waals surface area contributed by atoms with Crippen LogP contribution in [0.15, 0.2) is 18.2 Å².